The van der Waals surface area contributed by atoms with Gasteiger partial charge in [0.2, 0.25) is 0 Å². The van der Waals surface area contributed by atoms with Crippen LogP contribution in [0, 0.1) is 17.9 Å². The second-order valence-electron chi connectivity index (χ2n) is 13.8. The van der Waals surface area contributed by atoms with Crippen LogP contribution in [0.4, 0.5) is 22.7 Å². The highest BCUT2D eigenvalue weighted by molar-refractivity contribution is 6.11. The van der Waals surface area contributed by atoms with Gasteiger partial charge in [0, 0.05) is 16.5 Å². The van der Waals surface area contributed by atoms with Gasteiger partial charge in [-0.3, -0.25) is 0 Å². The third kappa shape index (κ3) is 4.69. The maximum atomic E-state index is 10.8. The fourth-order valence-corrected chi connectivity index (χ4v) is 8.93. The summed E-state index contributed by atoms with van der Waals surface area (Å²) in [6.07, 6.45) is 0. The van der Waals surface area contributed by atoms with Crippen molar-refractivity contribution >= 4 is 44.6 Å². The zero-order valence-electron chi connectivity index (χ0n) is 29.8. The molecule has 0 N–H and O–H groups in total. The van der Waals surface area contributed by atoms with E-state index in [1.165, 1.54) is 22.3 Å². The van der Waals surface area contributed by atoms with E-state index in [1.807, 2.05) is 42.5 Å². The molecule has 10 rings (SSSR count). The molecule has 0 aliphatic carbocycles. The van der Waals surface area contributed by atoms with Crippen LogP contribution in [0.2, 0.25) is 0 Å². The van der Waals surface area contributed by atoms with Crippen LogP contribution < -0.4 is 4.90 Å². The van der Waals surface area contributed by atoms with Gasteiger partial charge >= 0.3 is 0 Å². The summed E-state index contributed by atoms with van der Waals surface area (Å²) in [5.74, 6) is 0. The number of nitrogens with zero attached hydrogens (tertiary/aromatic N) is 4. The van der Waals surface area contributed by atoms with Crippen molar-refractivity contribution < 1.29 is 0 Å². The summed E-state index contributed by atoms with van der Waals surface area (Å²) >= 11 is 0. The number of rotatable bonds is 5. The Kier molecular flexibility index (Phi) is 7.44. The Morgan fingerprint density at radius 1 is 0.491 bits per heavy atom. The summed E-state index contributed by atoms with van der Waals surface area (Å²) in [7, 11) is 0. The number of hydrogen-bond acceptors (Lipinski definition) is 2. The van der Waals surface area contributed by atoms with Gasteiger partial charge in [-0.2, -0.15) is 5.26 Å². The third-order valence-electron chi connectivity index (χ3n) is 11.1. The minimum atomic E-state index is -0.583. The van der Waals surface area contributed by atoms with Crippen molar-refractivity contribution in [2.45, 2.75) is 5.41 Å². The minimum absolute atomic E-state index is 0.566. The van der Waals surface area contributed by atoms with Crippen molar-refractivity contribution in [3.8, 4) is 22.9 Å². The average molecular weight is 701 g/mol. The molecule has 0 unspecified atom stereocenters. The fourth-order valence-electron chi connectivity index (χ4n) is 8.93. The molecule has 2 heterocycles. The Bertz CT molecular complexity index is 2930. The molecule has 0 saturated carbocycles. The van der Waals surface area contributed by atoms with Crippen molar-refractivity contribution in [2.75, 3.05) is 4.90 Å². The molecular weight excluding hydrogens is 669 g/mol. The van der Waals surface area contributed by atoms with Gasteiger partial charge in [-0.15, -0.1) is 0 Å². The molecule has 1 aliphatic rings. The minimum Gasteiger partial charge on any atom is -0.309 e. The van der Waals surface area contributed by atoms with Crippen LogP contribution in [-0.2, 0) is 5.41 Å². The topological polar surface area (TPSA) is 36.3 Å². The van der Waals surface area contributed by atoms with E-state index in [4.69, 9.17) is 6.57 Å². The molecule has 0 saturated heterocycles. The van der Waals surface area contributed by atoms with Gasteiger partial charge in [0.15, 0.2) is 5.69 Å². The molecule has 1 aliphatic heterocycles. The number of anilines is 3. The number of fused-ring (bicyclic) bond motifs is 5. The quantitative estimate of drug-likeness (QED) is 0.168. The van der Waals surface area contributed by atoms with Crippen LogP contribution in [0.25, 0.3) is 43.5 Å². The lowest BCUT2D eigenvalue weighted by Crippen LogP contribution is -2.37. The van der Waals surface area contributed by atoms with E-state index >= 15 is 0 Å². The molecule has 0 radical (unpaired) electrons. The molecule has 55 heavy (non-hydrogen) atoms. The number of benzene rings is 8. The van der Waals surface area contributed by atoms with Crippen LogP contribution in [0.3, 0.4) is 0 Å². The summed E-state index contributed by atoms with van der Waals surface area (Å²) in [5.41, 5.74) is 13.2. The van der Waals surface area contributed by atoms with Crippen LogP contribution in [-0.4, -0.2) is 4.57 Å². The van der Waals surface area contributed by atoms with Gasteiger partial charge in [0.1, 0.15) is 6.07 Å². The van der Waals surface area contributed by atoms with Crippen molar-refractivity contribution in [2.24, 2.45) is 0 Å². The molecule has 0 bridgehead atoms. The second kappa shape index (κ2) is 12.8. The zero-order valence-corrected chi connectivity index (χ0v) is 29.8. The fraction of sp³-hybridized carbons (Fsp3) is 0.0196. The Balaban J connectivity index is 1.28. The van der Waals surface area contributed by atoms with Gasteiger partial charge in [0.05, 0.1) is 51.3 Å². The SMILES string of the molecule is [C-]#[N+]c1ccc2c(c1)c1ccccc1n2-c1c(C#N)cccc1-c1ccccc1N1c2ccccc2C(c2ccccc2)(c2ccccc2)c2ccccc21. The first-order chi connectivity index (χ1) is 27.2. The van der Waals surface area contributed by atoms with E-state index in [-0.39, 0.29) is 0 Å². The molecular formula is C51H32N4. The van der Waals surface area contributed by atoms with E-state index in [0.717, 1.165) is 55.7 Å². The van der Waals surface area contributed by atoms with Crippen LogP contribution in [0.15, 0.2) is 194 Å². The number of nitriles is 1. The summed E-state index contributed by atoms with van der Waals surface area (Å²) in [6.45, 7) is 7.73. The maximum absolute atomic E-state index is 10.8. The highest BCUT2D eigenvalue weighted by atomic mass is 15.2. The second-order valence-corrected chi connectivity index (χ2v) is 13.8. The Hall–Kier alpha value is -7.66. The number of para-hydroxylation sites is 5. The van der Waals surface area contributed by atoms with Gasteiger partial charge in [-0.1, -0.05) is 152 Å². The molecule has 0 fully saturated rings. The summed E-state index contributed by atoms with van der Waals surface area (Å²) in [6, 6.07) is 70.4. The molecule has 0 amide bonds. The standard InChI is InChI=1S/C51H32N4/c1-53-38-31-32-47-42(33-38)40-23-9-13-28-46(40)55(47)50-35(34-52)17-16-24-41(50)39-22-8-12-27-45(39)54-48-29-14-10-25-43(48)51(36-18-4-2-5-19-36,37-20-6-3-7-21-37)44-26-11-15-30-49(44)54/h2-33H. The third-order valence-corrected chi connectivity index (χ3v) is 11.1. The molecule has 1 aromatic heterocycles. The van der Waals surface area contributed by atoms with Gasteiger partial charge in [0.25, 0.3) is 0 Å². The highest BCUT2D eigenvalue weighted by Gasteiger charge is 2.46. The summed E-state index contributed by atoms with van der Waals surface area (Å²) in [5, 5.41) is 12.8. The smallest absolute Gasteiger partial charge is 0.188 e. The molecule has 256 valence electrons. The Morgan fingerprint density at radius 2 is 1.04 bits per heavy atom. The largest absolute Gasteiger partial charge is 0.309 e. The highest BCUT2D eigenvalue weighted by Crippen LogP contribution is 2.58. The first kappa shape index (κ1) is 32.0. The van der Waals surface area contributed by atoms with Gasteiger partial charge in [-0.05, 0) is 70.1 Å². The summed E-state index contributed by atoms with van der Waals surface area (Å²) < 4.78 is 2.21. The van der Waals surface area contributed by atoms with Gasteiger partial charge in [-0.25, -0.2) is 4.85 Å². The van der Waals surface area contributed by atoms with E-state index in [2.05, 4.69) is 172 Å². The van der Waals surface area contributed by atoms with Gasteiger partial charge < -0.3 is 9.47 Å². The first-order valence-corrected chi connectivity index (χ1v) is 18.4. The molecule has 0 spiro atoms. The Morgan fingerprint density at radius 3 is 1.69 bits per heavy atom. The normalized spacial score (nSPS) is 12.8. The molecule has 8 aromatic carbocycles. The Labute approximate surface area is 319 Å². The number of aromatic nitrogens is 1. The van der Waals surface area contributed by atoms with Crippen molar-refractivity contribution in [1.82, 2.24) is 4.57 Å². The summed E-state index contributed by atoms with van der Waals surface area (Å²) in [4.78, 5) is 6.14. The molecule has 9 aromatic rings. The van der Waals surface area contributed by atoms with E-state index in [1.54, 1.807) is 0 Å². The van der Waals surface area contributed by atoms with E-state index < -0.39 is 5.41 Å². The molecule has 4 nitrogen and oxygen atoms in total. The van der Waals surface area contributed by atoms with E-state index in [9.17, 15) is 5.26 Å². The van der Waals surface area contributed by atoms with Crippen molar-refractivity contribution in [1.29, 1.82) is 5.26 Å². The lowest BCUT2D eigenvalue weighted by molar-refractivity contribution is 0.731. The van der Waals surface area contributed by atoms with Crippen molar-refractivity contribution in [3.63, 3.8) is 0 Å². The predicted molar refractivity (Wildman–Crippen MR) is 224 cm³/mol. The van der Waals surface area contributed by atoms with Crippen LogP contribution in [0.1, 0.15) is 27.8 Å². The molecule has 4 heteroatoms. The predicted octanol–water partition coefficient (Wildman–Crippen LogP) is 13.0. The number of hydrogen-bond donors (Lipinski definition) is 0. The zero-order chi connectivity index (χ0) is 36.9. The van der Waals surface area contributed by atoms with E-state index in [0.29, 0.717) is 11.3 Å². The lowest BCUT2D eigenvalue weighted by atomic mass is 9.62. The van der Waals surface area contributed by atoms with Crippen LogP contribution >= 0.6 is 0 Å². The lowest BCUT2D eigenvalue weighted by Gasteiger charge is -2.46. The molecule has 0 atom stereocenters. The maximum Gasteiger partial charge on any atom is 0.188 e. The average Bonchev–Trinajstić information content (AvgIpc) is 3.59. The van der Waals surface area contributed by atoms with Crippen LogP contribution in [0.5, 0.6) is 0 Å². The monoisotopic (exact) mass is 700 g/mol. The van der Waals surface area contributed by atoms with Crippen molar-refractivity contribution in [3.05, 3.63) is 233 Å². The first-order valence-electron chi connectivity index (χ1n) is 18.4.